The van der Waals surface area contributed by atoms with Crippen LogP contribution in [-0.2, 0) is 19.1 Å². The lowest BCUT2D eigenvalue weighted by atomic mass is 9.78. The molecule has 2 fully saturated rings. The molecule has 8 nitrogen and oxygen atoms in total. The summed E-state index contributed by atoms with van der Waals surface area (Å²) in [6, 6.07) is 15.6. The van der Waals surface area contributed by atoms with E-state index in [2.05, 4.69) is 18.7 Å². The van der Waals surface area contributed by atoms with Gasteiger partial charge in [-0.15, -0.1) is 11.8 Å². The second-order valence-electron chi connectivity index (χ2n) is 11.1. The van der Waals surface area contributed by atoms with Gasteiger partial charge >= 0.3 is 5.97 Å². The van der Waals surface area contributed by atoms with E-state index in [0.29, 0.717) is 13.0 Å². The molecule has 0 bridgehead atoms. The van der Waals surface area contributed by atoms with Crippen molar-refractivity contribution in [2.24, 2.45) is 11.8 Å². The Hall–Kier alpha value is -3.56. The van der Waals surface area contributed by atoms with Gasteiger partial charge in [0.1, 0.15) is 6.04 Å². The molecule has 2 aromatic carbocycles. The normalized spacial score (nSPS) is 29.3. The van der Waals surface area contributed by atoms with Crippen LogP contribution in [0.2, 0.25) is 0 Å². The van der Waals surface area contributed by atoms with Gasteiger partial charge in [-0.05, 0) is 50.1 Å². The van der Waals surface area contributed by atoms with Crippen LogP contribution in [0.1, 0.15) is 31.9 Å². The molecule has 9 heteroatoms. The van der Waals surface area contributed by atoms with Crippen molar-refractivity contribution in [3.63, 3.8) is 0 Å². The van der Waals surface area contributed by atoms with Gasteiger partial charge in [0.25, 0.3) is 5.91 Å². The molecule has 42 heavy (non-hydrogen) atoms. The average molecular weight is 588 g/mol. The number of thioether (sulfide) groups is 1. The molecule has 6 rings (SSSR count). The molecule has 4 heterocycles. The summed E-state index contributed by atoms with van der Waals surface area (Å²) in [6.45, 7) is 6.22. The number of aliphatic hydroxyl groups is 1. The third kappa shape index (κ3) is 4.54. The summed E-state index contributed by atoms with van der Waals surface area (Å²) in [5.41, 5.74) is 2.55. The van der Waals surface area contributed by atoms with Crippen LogP contribution >= 0.6 is 11.8 Å². The quantitative estimate of drug-likeness (QED) is 0.387. The van der Waals surface area contributed by atoms with Gasteiger partial charge in [-0.2, -0.15) is 0 Å². The maximum absolute atomic E-state index is 14.8. The van der Waals surface area contributed by atoms with Crippen molar-refractivity contribution < 1.29 is 24.2 Å². The first-order chi connectivity index (χ1) is 20.4. The second kappa shape index (κ2) is 11.6. The summed E-state index contributed by atoms with van der Waals surface area (Å²) in [4.78, 5) is 48.3. The van der Waals surface area contributed by atoms with Crippen LogP contribution in [0, 0.1) is 11.8 Å². The van der Waals surface area contributed by atoms with E-state index in [9.17, 15) is 19.5 Å². The lowest BCUT2D eigenvalue weighted by molar-refractivity contribution is -0.153. The zero-order valence-electron chi connectivity index (χ0n) is 24.0. The molecule has 6 atom stereocenters. The summed E-state index contributed by atoms with van der Waals surface area (Å²) in [7, 11) is 0. The molecule has 2 aromatic rings. The van der Waals surface area contributed by atoms with Crippen LogP contribution in [0.25, 0.3) is 0 Å². The molecule has 1 unspecified atom stereocenters. The van der Waals surface area contributed by atoms with E-state index < -0.39 is 34.6 Å². The van der Waals surface area contributed by atoms with E-state index in [1.807, 2.05) is 78.9 Å². The lowest BCUT2D eigenvalue weighted by Gasteiger charge is -2.38. The minimum atomic E-state index is -0.991. The number of amides is 2. The number of rotatable bonds is 7. The van der Waals surface area contributed by atoms with Crippen molar-refractivity contribution in [1.29, 1.82) is 0 Å². The van der Waals surface area contributed by atoms with E-state index >= 15 is 0 Å². The highest BCUT2D eigenvalue weighted by atomic mass is 32.2. The van der Waals surface area contributed by atoms with E-state index in [1.54, 1.807) is 9.80 Å². The number of hydrogen-bond acceptors (Lipinski definition) is 7. The van der Waals surface area contributed by atoms with E-state index in [-0.39, 0.29) is 30.3 Å². The highest BCUT2D eigenvalue weighted by Crippen LogP contribution is 2.62. The number of fused-ring (bicyclic) bond motifs is 2. The van der Waals surface area contributed by atoms with Gasteiger partial charge in [-0.3, -0.25) is 14.4 Å². The highest BCUT2D eigenvalue weighted by molar-refractivity contribution is 8.02. The largest absolute Gasteiger partial charge is 0.465 e. The predicted octanol–water partition coefficient (Wildman–Crippen LogP) is 3.97. The lowest BCUT2D eigenvalue weighted by Crippen LogP contribution is -2.54. The fourth-order valence-corrected chi connectivity index (χ4v) is 9.06. The first-order valence-corrected chi connectivity index (χ1v) is 15.7. The molecular formula is C33H37N3O5S. The highest BCUT2D eigenvalue weighted by Gasteiger charge is 2.72. The number of ether oxygens (including phenoxy) is 1. The number of hydrogen-bond donors (Lipinski definition) is 1. The maximum atomic E-state index is 14.8. The van der Waals surface area contributed by atoms with Gasteiger partial charge in [0, 0.05) is 36.3 Å². The second-order valence-corrected chi connectivity index (χ2v) is 12.6. The molecule has 4 aliphatic rings. The Morgan fingerprint density at radius 1 is 1.02 bits per heavy atom. The fourth-order valence-electron chi connectivity index (χ4n) is 7.08. The van der Waals surface area contributed by atoms with Crippen molar-refractivity contribution in [1.82, 2.24) is 4.90 Å². The Morgan fingerprint density at radius 3 is 2.45 bits per heavy atom. The minimum Gasteiger partial charge on any atom is -0.465 e. The number of carbonyl (C=O) groups excluding carboxylic acids is 3. The van der Waals surface area contributed by atoms with Crippen LogP contribution in [0.3, 0.4) is 0 Å². The third-order valence-electron chi connectivity index (χ3n) is 9.04. The third-order valence-corrected chi connectivity index (χ3v) is 10.8. The smallest absolute Gasteiger partial charge is 0.311 e. The number of benzene rings is 2. The van der Waals surface area contributed by atoms with E-state index in [1.165, 1.54) is 11.8 Å². The number of anilines is 2. The molecule has 0 aromatic heterocycles. The minimum absolute atomic E-state index is 0.222. The molecule has 2 amide bonds. The van der Waals surface area contributed by atoms with Gasteiger partial charge in [0.05, 0.1) is 35.8 Å². The molecule has 220 valence electrons. The van der Waals surface area contributed by atoms with Crippen LogP contribution in [0.4, 0.5) is 11.4 Å². The zero-order chi connectivity index (χ0) is 29.4. The Bertz CT molecular complexity index is 1390. The van der Waals surface area contributed by atoms with Gasteiger partial charge in [0.15, 0.2) is 0 Å². The number of cyclic esters (lactones) is 1. The zero-order valence-corrected chi connectivity index (χ0v) is 24.8. The summed E-state index contributed by atoms with van der Waals surface area (Å²) in [5, 5.41) is 10.4. The summed E-state index contributed by atoms with van der Waals surface area (Å²) in [5.74, 6) is -2.44. The van der Waals surface area contributed by atoms with Crippen molar-refractivity contribution in [3.05, 3.63) is 84.5 Å². The van der Waals surface area contributed by atoms with Crippen molar-refractivity contribution in [2.45, 2.75) is 42.3 Å². The van der Waals surface area contributed by atoms with Crippen LogP contribution in [-0.4, -0.2) is 76.7 Å². The Morgan fingerprint density at radius 2 is 1.76 bits per heavy atom. The number of esters is 1. The van der Waals surface area contributed by atoms with Crippen LogP contribution in [0.5, 0.6) is 0 Å². The molecule has 0 aliphatic carbocycles. The van der Waals surface area contributed by atoms with Gasteiger partial charge < -0.3 is 24.5 Å². The molecule has 1 spiro atoms. The van der Waals surface area contributed by atoms with Gasteiger partial charge in [-0.1, -0.05) is 54.6 Å². The summed E-state index contributed by atoms with van der Waals surface area (Å²) >= 11 is 1.51. The molecule has 0 saturated carbocycles. The molecule has 1 N–H and O–H groups in total. The SMILES string of the molecule is CCN(CC)c1ccc(N2CC=C[C@]34S[C@H]5C=CCCOC(=O)[C@H]5[C@H]3C(=O)N([C@H](CO)c3ccccc3)C4C2=O)cc1. The first kappa shape index (κ1) is 28.6. The fraction of sp³-hybridized carbons (Fsp3) is 0.424. The van der Waals surface area contributed by atoms with E-state index in [4.69, 9.17) is 4.74 Å². The first-order valence-electron chi connectivity index (χ1n) is 14.8. The van der Waals surface area contributed by atoms with Crippen LogP contribution in [0.15, 0.2) is 78.9 Å². The Kier molecular flexibility index (Phi) is 7.89. The van der Waals surface area contributed by atoms with Gasteiger partial charge in [0.2, 0.25) is 5.91 Å². The monoisotopic (exact) mass is 587 g/mol. The average Bonchev–Trinajstić information content (AvgIpc) is 3.38. The number of nitrogens with zero attached hydrogens (tertiary/aromatic N) is 3. The van der Waals surface area contributed by atoms with E-state index in [0.717, 1.165) is 30.0 Å². The number of likely N-dealkylation sites (tertiary alicyclic amines) is 1. The molecule has 0 radical (unpaired) electrons. The summed E-state index contributed by atoms with van der Waals surface area (Å²) in [6.07, 6.45) is 8.56. The maximum Gasteiger partial charge on any atom is 0.311 e. The summed E-state index contributed by atoms with van der Waals surface area (Å²) < 4.78 is 4.60. The number of carbonyl (C=O) groups is 3. The topological polar surface area (TPSA) is 90.4 Å². The predicted molar refractivity (Wildman–Crippen MR) is 164 cm³/mol. The molecule has 2 saturated heterocycles. The number of aliphatic hydroxyl groups excluding tert-OH is 1. The molecule has 4 aliphatic heterocycles. The molecular weight excluding hydrogens is 550 g/mol. The van der Waals surface area contributed by atoms with Crippen molar-refractivity contribution in [2.75, 3.05) is 42.6 Å². The Balaban J connectivity index is 1.46. The Labute approximate surface area is 251 Å². The van der Waals surface area contributed by atoms with Crippen LogP contribution < -0.4 is 9.80 Å². The van der Waals surface area contributed by atoms with Crippen molar-refractivity contribution in [3.8, 4) is 0 Å². The van der Waals surface area contributed by atoms with Gasteiger partial charge in [-0.25, -0.2) is 0 Å². The van der Waals surface area contributed by atoms with Crippen molar-refractivity contribution >= 4 is 40.9 Å². The standard InChI is InChI=1S/C33H37N3O5S/c1-3-34(4-2)23-14-16-24(17-15-23)35-19-10-18-33-28(27-26(42-33)13-8-9-20-41-32(27)40)30(38)36(29(33)31(35)39)25(21-37)22-11-6-5-7-12-22/h5-8,10-18,25-29,37H,3-4,9,19-21H2,1-2H3/t25-,26+,27-,28+,29?,33+/m1/s1.